The lowest BCUT2D eigenvalue weighted by Crippen LogP contribution is -2.18. The number of carbonyl (C=O) groups excluding carboxylic acids is 1. The fraction of sp³-hybridized carbons (Fsp3) is 0.278. The Morgan fingerprint density at radius 1 is 1.04 bits per heavy atom. The van der Waals surface area contributed by atoms with Crippen LogP contribution in [0.4, 0.5) is 18.9 Å². The minimum atomic E-state index is -4.37. The van der Waals surface area contributed by atoms with Crippen molar-refractivity contribution < 1.29 is 18.0 Å². The summed E-state index contributed by atoms with van der Waals surface area (Å²) in [5.41, 5.74) is 1.47. The van der Waals surface area contributed by atoms with E-state index in [0.29, 0.717) is 17.8 Å². The van der Waals surface area contributed by atoms with Gasteiger partial charge in [0.1, 0.15) is 0 Å². The average molecular weight is 373 g/mol. The van der Waals surface area contributed by atoms with E-state index in [4.69, 9.17) is 0 Å². The molecule has 0 radical (unpaired) electrons. The fourth-order valence-corrected chi connectivity index (χ4v) is 2.25. The second-order valence-corrected chi connectivity index (χ2v) is 5.36. The number of carbonyl (C=O) groups is 1. The predicted octanol–water partition coefficient (Wildman–Crippen LogP) is 4.42. The highest BCUT2D eigenvalue weighted by molar-refractivity contribution is 5.93. The first kappa shape index (κ1) is 21.0. The Morgan fingerprint density at radius 2 is 1.68 bits per heavy atom. The number of rotatable bonds is 6. The zero-order valence-electron chi connectivity index (χ0n) is 13.7. The Balaban J connectivity index is 0.00000312. The number of nitrogens with one attached hydrogen (secondary N) is 2. The van der Waals surface area contributed by atoms with Gasteiger partial charge in [0.15, 0.2) is 0 Å². The fourth-order valence-electron chi connectivity index (χ4n) is 2.25. The molecule has 0 aliphatic carbocycles. The van der Waals surface area contributed by atoms with Crippen LogP contribution in [0.1, 0.15) is 23.6 Å². The number of para-hydroxylation sites is 1. The summed E-state index contributed by atoms with van der Waals surface area (Å²) in [5.74, 6) is -0.265. The number of hydrogen-bond acceptors (Lipinski definition) is 2. The lowest BCUT2D eigenvalue weighted by molar-refractivity contribution is -0.137. The van der Waals surface area contributed by atoms with Crippen LogP contribution in [0.15, 0.2) is 48.5 Å². The van der Waals surface area contributed by atoms with E-state index in [-0.39, 0.29) is 24.7 Å². The van der Waals surface area contributed by atoms with E-state index < -0.39 is 11.7 Å². The maximum absolute atomic E-state index is 12.5. The van der Waals surface area contributed by atoms with Gasteiger partial charge in [0.2, 0.25) is 5.91 Å². The molecule has 2 N–H and O–H groups in total. The van der Waals surface area contributed by atoms with Crippen molar-refractivity contribution in [3.63, 3.8) is 0 Å². The maximum Gasteiger partial charge on any atom is 0.416 e. The first-order chi connectivity index (χ1) is 11.4. The highest BCUT2D eigenvalue weighted by Crippen LogP contribution is 2.29. The molecule has 0 heterocycles. The van der Waals surface area contributed by atoms with Crippen LogP contribution in [0, 0.1) is 0 Å². The normalized spacial score (nSPS) is 10.9. The Labute approximate surface area is 151 Å². The molecule has 25 heavy (non-hydrogen) atoms. The zero-order chi connectivity index (χ0) is 17.6. The zero-order valence-corrected chi connectivity index (χ0v) is 14.5. The van der Waals surface area contributed by atoms with Gasteiger partial charge in [-0.3, -0.25) is 4.79 Å². The van der Waals surface area contributed by atoms with Crippen molar-refractivity contribution in [1.82, 2.24) is 5.32 Å². The van der Waals surface area contributed by atoms with Crippen LogP contribution in [0.3, 0.4) is 0 Å². The summed E-state index contributed by atoms with van der Waals surface area (Å²) in [7, 11) is 0. The van der Waals surface area contributed by atoms with E-state index in [1.165, 1.54) is 12.1 Å². The number of halogens is 4. The molecule has 3 nitrogen and oxygen atoms in total. The topological polar surface area (TPSA) is 41.1 Å². The number of benzene rings is 2. The van der Waals surface area contributed by atoms with Crippen LogP contribution < -0.4 is 10.6 Å². The van der Waals surface area contributed by atoms with E-state index >= 15 is 0 Å². The first-order valence-electron chi connectivity index (χ1n) is 7.64. The van der Waals surface area contributed by atoms with Crippen molar-refractivity contribution >= 4 is 24.0 Å². The third kappa shape index (κ3) is 6.40. The van der Waals surface area contributed by atoms with Crippen molar-refractivity contribution in [3.05, 3.63) is 65.2 Å². The van der Waals surface area contributed by atoms with Crippen LogP contribution in [0.2, 0.25) is 0 Å². The second kappa shape index (κ2) is 9.44. The Morgan fingerprint density at radius 3 is 2.28 bits per heavy atom. The minimum absolute atomic E-state index is 0. The SMILES string of the molecule is CCNCc1ccccc1NC(=O)Cc1ccc(C(F)(F)F)cc1.Cl. The first-order valence-corrected chi connectivity index (χ1v) is 7.64. The standard InChI is InChI=1S/C18H19F3N2O.ClH/c1-2-22-12-14-5-3-4-6-16(14)23-17(24)11-13-7-9-15(10-8-13)18(19,20)21;/h3-10,22H,2,11-12H2,1H3,(H,23,24);1H. The van der Waals surface area contributed by atoms with Crippen molar-refractivity contribution in [2.75, 3.05) is 11.9 Å². The van der Waals surface area contributed by atoms with Crippen LogP contribution in [-0.2, 0) is 23.9 Å². The number of amides is 1. The lowest BCUT2D eigenvalue weighted by atomic mass is 10.1. The number of hydrogen-bond donors (Lipinski definition) is 2. The van der Waals surface area contributed by atoms with E-state index in [1.54, 1.807) is 6.07 Å². The number of alkyl halides is 3. The van der Waals surface area contributed by atoms with E-state index in [0.717, 1.165) is 24.2 Å². The minimum Gasteiger partial charge on any atom is -0.325 e. The molecule has 2 aromatic carbocycles. The predicted molar refractivity (Wildman–Crippen MR) is 94.8 cm³/mol. The molecule has 136 valence electrons. The molecule has 0 atom stereocenters. The lowest BCUT2D eigenvalue weighted by Gasteiger charge is -2.12. The van der Waals surface area contributed by atoms with Crippen molar-refractivity contribution in [2.24, 2.45) is 0 Å². The van der Waals surface area contributed by atoms with Crippen molar-refractivity contribution in [1.29, 1.82) is 0 Å². The molecular formula is C18H20ClF3N2O. The van der Waals surface area contributed by atoms with Crippen LogP contribution >= 0.6 is 12.4 Å². The van der Waals surface area contributed by atoms with Gasteiger partial charge in [0, 0.05) is 12.2 Å². The summed E-state index contributed by atoms with van der Waals surface area (Å²) in [6.07, 6.45) is -4.35. The average Bonchev–Trinajstić information content (AvgIpc) is 2.53. The molecule has 0 unspecified atom stereocenters. The van der Waals surface area contributed by atoms with Crippen molar-refractivity contribution in [3.8, 4) is 0 Å². The molecule has 0 spiro atoms. The summed E-state index contributed by atoms with van der Waals surface area (Å²) in [6, 6.07) is 12.1. The molecule has 0 saturated carbocycles. The van der Waals surface area contributed by atoms with Gasteiger partial charge < -0.3 is 10.6 Å². The molecular weight excluding hydrogens is 353 g/mol. The number of anilines is 1. The maximum atomic E-state index is 12.5. The summed E-state index contributed by atoms with van der Waals surface area (Å²) < 4.78 is 37.6. The molecule has 0 aliphatic heterocycles. The van der Waals surface area contributed by atoms with Crippen LogP contribution in [0.25, 0.3) is 0 Å². The summed E-state index contributed by atoms with van der Waals surface area (Å²) >= 11 is 0. The molecule has 2 rings (SSSR count). The van der Waals surface area contributed by atoms with Crippen LogP contribution in [0.5, 0.6) is 0 Å². The smallest absolute Gasteiger partial charge is 0.325 e. The molecule has 7 heteroatoms. The monoisotopic (exact) mass is 372 g/mol. The summed E-state index contributed by atoms with van der Waals surface area (Å²) in [4.78, 5) is 12.1. The van der Waals surface area contributed by atoms with Gasteiger partial charge in [-0.25, -0.2) is 0 Å². The van der Waals surface area contributed by atoms with Crippen molar-refractivity contribution in [2.45, 2.75) is 26.1 Å². The third-order valence-corrected chi connectivity index (χ3v) is 3.50. The van der Waals surface area contributed by atoms with E-state index in [2.05, 4.69) is 10.6 Å². The Kier molecular flexibility index (Phi) is 7.93. The van der Waals surface area contributed by atoms with Gasteiger partial charge in [-0.15, -0.1) is 12.4 Å². The van der Waals surface area contributed by atoms with Gasteiger partial charge in [-0.05, 0) is 35.9 Å². The van der Waals surface area contributed by atoms with Gasteiger partial charge >= 0.3 is 6.18 Å². The summed E-state index contributed by atoms with van der Waals surface area (Å²) in [5, 5.41) is 6.00. The summed E-state index contributed by atoms with van der Waals surface area (Å²) in [6.45, 7) is 3.44. The van der Waals surface area contributed by atoms with Gasteiger partial charge in [-0.2, -0.15) is 13.2 Å². The molecule has 0 bridgehead atoms. The molecule has 2 aromatic rings. The van der Waals surface area contributed by atoms with Gasteiger partial charge in [-0.1, -0.05) is 37.3 Å². The second-order valence-electron chi connectivity index (χ2n) is 5.36. The molecule has 0 aromatic heterocycles. The molecule has 0 saturated heterocycles. The van der Waals surface area contributed by atoms with E-state index in [1.807, 2.05) is 25.1 Å². The van der Waals surface area contributed by atoms with E-state index in [9.17, 15) is 18.0 Å². The highest BCUT2D eigenvalue weighted by atomic mass is 35.5. The Hall–Kier alpha value is -2.05. The molecule has 0 fully saturated rings. The molecule has 1 amide bonds. The van der Waals surface area contributed by atoms with Gasteiger partial charge in [0.25, 0.3) is 0 Å². The molecule has 0 aliphatic rings. The van der Waals surface area contributed by atoms with Crippen LogP contribution in [-0.4, -0.2) is 12.5 Å². The highest BCUT2D eigenvalue weighted by Gasteiger charge is 2.29. The van der Waals surface area contributed by atoms with Gasteiger partial charge in [0.05, 0.1) is 12.0 Å². The Bertz CT molecular complexity index is 687. The quantitative estimate of drug-likeness (QED) is 0.788. The largest absolute Gasteiger partial charge is 0.416 e. The third-order valence-electron chi connectivity index (χ3n) is 3.50.